The van der Waals surface area contributed by atoms with Gasteiger partial charge >= 0.3 is 0 Å². The maximum atomic E-state index is 4.70. The van der Waals surface area contributed by atoms with Crippen molar-refractivity contribution in [1.29, 1.82) is 0 Å². The fourth-order valence-electron chi connectivity index (χ4n) is 12.6. The smallest absolute Gasteiger partial charge is 0.213 e. The standard InChI is InChI=1S/C28H30N3.C26H28N3.C24H24N3/c1-18-13-19(2)20(3)25(14-18)27-12-10-23-15-22(9-11-26(23)31(27)4)24-16-29-28(30-17-24)21-7-5-6-8-21;1-16(2)23-14-28-24(15-27-23)20-7-9-25-21(13-20)8-10-26(29(25)6)22-12-17(3)11-18(4)19(22)5;1-15-10-16(2)18(4)21(11-15)24-9-7-20-12-19(6-8-23(20)27(24)5)22-14-25-17(3)13-26-22/h9-17,21H,5-8H2,1-4H3;7-16H,1-6H3;6-14H,1-5H3/q3*+1. The zero-order valence-electron chi connectivity index (χ0n) is 53.6. The third-order valence-electron chi connectivity index (χ3n) is 18.1. The second kappa shape index (κ2) is 25.0. The lowest BCUT2D eigenvalue weighted by molar-refractivity contribution is -0.633. The van der Waals surface area contributed by atoms with Crippen molar-refractivity contribution < 1.29 is 13.7 Å². The van der Waals surface area contributed by atoms with Crippen LogP contribution in [0.4, 0.5) is 0 Å². The van der Waals surface area contributed by atoms with E-state index in [1.807, 2.05) is 44.1 Å². The van der Waals surface area contributed by atoms with E-state index in [4.69, 9.17) is 9.97 Å². The first-order valence-corrected chi connectivity index (χ1v) is 30.8. The number of fused-ring (bicyclic) bond motifs is 3. The normalized spacial score (nSPS) is 12.4. The molecule has 0 N–H and O–H groups in total. The van der Waals surface area contributed by atoms with Gasteiger partial charge in [-0.1, -0.05) is 61.6 Å². The lowest BCUT2D eigenvalue weighted by atomic mass is 9.96. The van der Waals surface area contributed by atoms with Crippen LogP contribution in [0.2, 0.25) is 0 Å². The van der Waals surface area contributed by atoms with Crippen LogP contribution in [0, 0.1) is 69.2 Å². The summed E-state index contributed by atoms with van der Waals surface area (Å²) in [6.07, 6.45) is 16.5. The van der Waals surface area contributed by atoms with Gasteiger partial charge in [0.1, 0.15) is 27.0 Å². The van der Waals surface area contributed by atoms with Crippen molar-refractivity contribution in [2.24, 2.45) is 21.1 Å². The zero-order valence-corrected chi connectivity index (χ0v) is 53.6. The van der Waals surface area contributed by atoms with Crippen molar-refractivity contribution in [2.75, 3.05) is 0 Å². The van der Waals surface area contributed by atoms with E-state index < -0.39 is 0 Å². The van der Waals surface area contributed by atoms with Gasteiger partial charge in [0, 0.05) is 117 Å². The van der Waals surface area contributed by atoms with E-state index >= 15 is 0 Å². The molecule has 0 radical (unpaired) electrons. The van der Waals surface area contributed by atoms with Crippen molar-refractivity contribution in [3.05, 3.63) is 232 Å². The molecule has 9 nitrogen and oxygen atoms in total. The highest BCUT2D eigenvalue weighted by atomic mass is 15.0. The highest BCUT2D eigenvalue weighted by Gasteiger charge is 2.23. The molecule has 6 aromatic carbocycles. The third-order valence-corrected chi connectivity index (χ3v) is 18.1. The Balaban J connectivity index is 0.000000136. The van der Waals surface area contributed by atoms with Gasteiger partial charge in [-0.3, -0.25) is 19.9 Å². The highest BCUT2D eigenvalue weighted by molar-refractivity contribution is 5.86. The molecule has 12 aromatic rings. The molecule has 0 bridgehead atoms. The Morgan fingerprint density at radius 2 is 0.759 bits per heavy atom. The van der Waals surface area contributed by atoms with Gasteiger partial charge in [0.2, 0.25) is 33.6 Å². The van der Waals surface area contributed by atoms with Gasteiger partial charge in [-0.15, -0.1) is 0 Å². The molecule has 1 aliphatic rings. The lowest BCUT2D eigenvalue weighted by Gasteiger charge is -2.11. The molecule has 0 aliphatic heterocycles. The van der Waals surface area contributed by atoms with E-state index in [-0.39, 0.29) is 0 Å². The SMILES string of the molecule is Cc1cc(C)c(C)c(-c2ccc3cc(-c4cnc(C(C)C)cn4)ccc3[n+]2C)c1.Cc1cc(C)c(C)c(-c2ccc3cc(-c4cnc(C)cn4)ccc3[n+]2C)c1.Cc1cc(C)c(C)c(-c2ccc3cc(-c4cnc(C5CCCC5)nc4)ccc3[n+]2C)c1. The Morgan fingerprint density at radius 3 is 1.14 bits per heavy atom. The average molecular weight is 1150 g/mol. The number of benzene rings is 6. The van der Waals surface area contributed by atoms with Crippen LogP contribution in [0.3, 0.4) is 0 Å². The Bertz CT molecular complexity index is 4560. The zero-order chi connectivity index (χ0) is 61.4. The molecule has 0 saturated heterocycles. The minimum absolute atomic E-state index is 0.388. The van der Waals surface area contributed by atoms with Gasteiger partial charge in [0.05, 0.1) is 35.2 Å². The van der Waals surface area contributed by atoms with Crippen molar-refractivity contribution >= 4 is 32.7 Å². The summed E-state index contributed by atoms with van der Waals surface area (Å²) >= 11 is 0. The van der Waals surface area contributed by atoms with Gasteiger partial charge in [0.15, 0.2) is 0 Å². The fourth-order valence-corrected chi connectivity index (χ4v) is 12.6. The molecule has 0 unspecified atom stereocenters. The largest absolute Gasteiger partial charge is 0.258 e. The molecule has 87 heavy (non-hydrogen) atoms. The molecular formula is C78H82N9+3. The topological polar surface area (TPSA) is 89.0 Å². The van der Waals surface area contributed by atoms with E-state index in [0.29, 0.717) is 11.8 Å². The average Bonchev–Trinajstić information content (AvgIpc) is 1.86. The number of aromatic nitrogens is 9. The predicted molar refractivity (Wildman–Crippen MR) is 357 cm³/mol. The van der Waals surface area contributed by atoms with Crippen molar-refractivity contribution in [1.82, 2.24) is 29.9 Å². The first-order valence-electron chi connectivity index (χ1n) is 30.8. The summed E-state index contributed by atoms with van der Waals surface area (Å²) in [5.41, 5.74) is 31.3. The van der Waals surface area contributed by atoms with Gasteiger partial charge in [-0.05, 0) is 200 Å². The minimum atomic E-state index is 0.388. The van der Waals surface area contributed by atoms with E-state index in [9.17, 15) is 0 Å². The molecule has 1 aliphatic carbocycles. The Labute approximate surface area is 514 Å². The second-order valence-corrected chi connectivity index (χ2v) is 24.8. The number of nitrogens with zero attached hydrogens (tertiary/aromatic N) is 9. The monoisotopic (exact) mass is 1140 g/mol. The summed E-state index contributed by atoms with van der Waals surface area (Å²) in [4.78, 5) is 27.5. The van der Waals surface area contributed by atoms with Gasteiger partial charge in [-0.25, -0.2) is 9.97 Å². The number of hydrogen-bond donors (Lipinski definition) is 0. The van der Waals surface area contributed by atoms with Crippen LogP contribution < -0.4 is 13.7 Å². The second-order valence-electron chi connectivity index (χ2n) is 24.8. The molecule has 6 heterocycles. The van der Waals surface area contributed by atoms with Crippen LogP contribution in [-0.2, 0) is 21.1 Å². The number of aryl methyl sites for hydroxylation is 10. The Morgan fingerprint density at radius 1 is 0.368 bits per heavy atom. The molecule has 0 atom stereocenters. The quantitative estimate of drug-likeness (QED) is 0.141. The molecule has 6 aromatic heterocycles. The first-order chi connectivity index (χ1) is 41.8. The number of pyridine rings is 3. The van der Waals surface area contributed by atoms with Crippen molar-refractivity contribution in [3.8, 4) is 67.4 Å². The fraction of sp³-hybridized carbons (Fsp3) is 0.269. The van der Waals surface area contributed by atoms with Crippen LogP contribution in [0.1, 0.15) is 119 Å². The van der Waals surface area contributed by atoms with Crippen LogP contribution >= 0.6 is 0 Å². The maximum absolute atomic E-state index is 4.70. The van der Waals surface area contributed by atoms with Crippen LogP contribution in [0.15, 0.2) is 165 Å². The Hall–Kier alpha value is -9.21. The lowest BCUT2D eigenvalue weighted by Crippen LogP contribution is -2.32. The summed E-state index contributed by atoms with van der Waals surface area (Å²) < 4.78 is 6.87. The predicted octanol–water partition coefficient (Wildman–Crippen LogP) is 17.2. The molecular weight excluding hydrogens is 1060 g/mol. The molecule has 436 valence electrons. The van der Waals surface area contributed by atoms with E-state index in [2.05, 4.69) is 258 Å². The molecule has 13 rings (SSSR count). The van der Waals surface area contributed by atoms with Crippen molar-refractivity contribution in [3.63, 3.8) is 0 Å². The van der Waals surface area contributed by atoms with Gasteiger partial charge in [0.25, 0.3) is 0 Å². The van der Waals surface area contributed by atoms with Crippen LogP contribution in [0.5, 0.6) is 0 Å². The molecule has 1 fully saturated rings. The van der Waals surface area contributed by atoms with E-state index in [0.717, 1.165) is 45.3 Å². The van der Waals surface area contributed by atoms with Gasteiger partial charge < -0.3 is 0 Å². The summed E-state index contributed by atoms with van der Waals surface area (Å²) in [5, 5.41) is 3.62. The summed E-state index contributed by atoms with van der Waals surface area (Å²) in [7, 11) is 6.44. The van der Waals surface area contributed by atoms with E-state index in [1.54, 1.807) is 0 Å². The minimum Gasteiger partial charge on any atom is -0.258 e. The molecule has 0 spiro atoms. The molecule has 9 heteroatoms. The number of rotatable bonds is 8. The van der Waals surface area contributed by atoms with Crippen molar-refractivity contribution in [2.45, 2.75) is 121 Å². The highest BCUT2D eigenvalue weighted by Crippen LogP contribution is 2.35. The molecule has 1 saturated carbocycles. The number of hydrogen-bond acceptors (Lipinski definition) is 6. The van der Waals surface area contributed by atoms with E-state index in [1.165, 1.54) is 148 Å². The van der Waals surface area contributed by atoms with Crippen LogP contribution in [0.25, 0.3) is 100 Å². The molecule has 0 amide bonds. The summed E-state index contributed by atoms with van der Waals surface area (Å²) in [5.74, 6) is 1.96. The third kappa shape index (κ3) is 12.4. The maximum Gasteiger partial charge on any atom is 0.213 e. The van der Waals surface area contributed by atoms with Gasteiger partial charge in [-0.2, -0.15) is 13.7 Å². The summed E-state index contributed by atoms with van der Waals surface area (Å²) in [6, 6.07) is 46.6. The Kier molecular flexibility index (Phi) is 17.1. The van der Waals surface area contributed by atoms with Crippen LogP contribution in [-0.4, -0.2) is 29.9 Å². The first kappa shape index (κ1) is 59.5. The summed E-state index contributed by atoms with van der Waals surface area (Å²) in [6.45, 7) is 25.9.